The van der Waals surface area contributed by atoms with Crippen molar-refractivity contribution in [1.82, 2.24) is 9.80 Å². The summed E-state index contributed by atoms with van der Waals surface area (Å²) in [6.45, 7) is 9.03. The molecule has 0 saturated heterocycles. The minimum Gasteiger partial charge on any atom is -0.302 e. The van der Waals surface area contributed by atoms with E-state index >= 15 is 9.59 Å². The standard InChI is InChI=1S/C52H40N2O2S2/c1-31-23-32(2)26-35(25-31)29-53-49(43-19-17-41(45-15-9-21-57-45)37-11-5-7-13-39(37)43)47-48(51(53)55)50(54(52(47)56)30-36-27-33(3)24-34(4)28-36)44-20-18-42(46-16-10-22-58-46)38-12-6-8-14-40(38)44/h5-28H,29-30H2,1-4H3. The summed E-state index contributed by atoms with van der Waals surface area (Å²) in [7, 11) is 0. The van der Waals surface area contributed by atoms with E-state index in [0.717, 1.165) is 77.2 Å². The Bertz CT molecular complexity index is 2790. The van der Waals surface area contributed by atoms with Gasteiger partial charge in [-0.2, -0.15) is 0 Å². The van der Waals surface area contributed by atoms with Crippen LogP contribution < -0.4 is 0 Å². The predicted octanol–water partition coefficient (Wildman–Crippen LogP) is 12.9. The lowest BCUT2D eigenvalue weighted by Crippen LogP contribution is -2.29. The molecular formula is C52H40N2O2S2. The highest BCUT2D eigenvalue weighted by Crippen LogP contribution is 2.51. The zero-order valence-electron chi connectivity index (χ0n) is 32.8. The van der Waals surface area contributed by atoms with Gasteiger partial charge in [-0.3, -0.25) is 9.59 Å². The zero-order valence-corrected chi connectivity index (χ0v) is 34.4. The number of aryl methyl sites for hydroxylation is 4. The van der Waals surface area contributed by atoms with Crippen molar-refractivity contribution in [3.8, 4) is 20.9 Å². The first kappa shape index (κ1) is 36.0. The third-order valence-electron chi connectivity index (χ3n) is 11.4. The van der Waals surface area contributed by atoms with Gasteiger partial charge in [0.2, 0.25) is 0 Å². The molecule has 0 N–H and O–H groups in total. The van der Waals surface area contributed by atoms with Gasteiger partial charge in [0.15, 0.2) is 0 Å². The number of hydrogen-bond acceptors (Lipinski definition) is 4. The van der Waals surface area contributed by atoms with Gasteiger partial charge in [-0.1, -0.05) is 144 Å². The van der Waals surface area contributed by atoms with Crippen LogP contribution in [0.5, 0.6) is 0 Å². The first-order valence-electron chi connectivity index (χ1n) is 19.6. The van der Waals surface area contributed by atoms with Crippen LogP contribution in [-0.2, 0) is 22.7 Å². The van der Waals surface area contributed by atoms with Crippen molar-refractivity contribution < 1.29 is 9.59 Å². The van der Waals surface area contributed by atoms with E-state index < -0.39 is 0 Å². The molecule has 6 heteroatoms. The summed E-state index contributed by atoms with van der Waals surface area (Å²) in [5.41, 5.74) is 12.9. The molecule has 4 nitrogen and oxygen atoms in total. The quantitative estimate of drug-likeness (QED) is 0.154. The third-order valence-corrected chi connectivity index (χ3v) is 13.2. The number of carbonyl (C=O) groups is 2. The smallest absolute Gasteiger partial charge is 0.261 e. The van der Waals surface area contributed by atoms with Crippen LogP contribution in [0.3, 0.4) is 0 Å². The van der Waals surface area contributed by atoms with E-state index in [4.69, 9.17) is 0 Å². The van der Waals surface area contributed by atoms with Crippen LogP contribution in [-0.4, -0.2) is 21.6 Å². The van der Waals surface area contributed by atoms with Crippen LogP contribution in [0.2, 0.25) is 0 Å². The molecule has 0 radical (unpaired) electrons. The maximum Gasteiger partial charge on any atom is 0.261 e. The van der Waals surface area contributed by atoms with Crippen molar-refractivity contribution in [3.63, 3.8) is 0 Å². The van der Waals surface area contributed by atoms with Gasteiger partial charge in [0.25, 0.3) is 11.8 Å². The summed E-state index contributed by atoms with van der Waals surface area (Å²) in [4.78, 5) is 37.3. The molecule has 8 aromatic rings. The van der Waals surface area contributed by atoms with Crippen LogP contribution >= 0.6 is 22.7 Å². The van der Waals surface area contributed by atoms with E-state index in [2.05, 4.69) is 160 Å². The maximum atomic E-state index is 15.6. The molecule has 2 aromatic heterocycles. The summed E-state index contributed by atoms with van der Waals surface area (Å²) in [5, 5.41) is 8.37. The third kappa shape index (κ3) is 6.03. The number of carbonyl (C=O) groups excluding carboxylic acids is 2. The fourth-order valence-electron chi connectivity index (χ4n) is 9.25. The SMILES string of the molecule is Cc1cc(C)cc(CN2C(=O)C3=C(c4ccc(-c5cccs5)c5ccccc45)N(Cc4cc(C)cc(C)c4)C(=O)C3=C2c2ccc(-c3cccs3)c3ccccc23)c1. The van der Waals surface area contributed by atoms with E-state index in [9.17, 15) is 0 Å². The number of amides is 2. The molecular weight excluding hydrogens is 749 g/mol. The number of fused-ring (bicyclic) bond motifs is 3. The molecule has 0 aliphatic carbocycles. The molecule has 2 aliphatic rings. The molecule has 4 heterocycles. The Morgan fingerprint density at radius 2 is 0.759 bits per heavy atom. The van der Waals surface area contributed by atoms with Gasteiger partial charge >= 0.3 is 0 Å². The lowest BCUT2D eigenvalue weighted by Gasteiger charge is -2.27. The minimum absolute atomic E-state index is 0.159. The Balaban J connectivity index is 1.27. The number of thiophene rings is 2. The van der Waals surface area contributed by atoms with E-state index in [1.807, 2.05) is 21.9 Å². The van der Waals surface area contributed by atoms with Crippen molar-refractivity contribution in [2.75, 3.05) is 0 Å². The normalized spacial score (nSPS) is 14.2. The van der Waals surface area contributed by atoms with E-state index in [1.54, 1.807) is 22.7 Å². The molecule has 0 unspecified atom stereocenters. The lowest BCUT2D eigenvalue weighted by molar-refractivity contribution is -0.124. The van der Waals surface area contributed by atoms with Gasteiger partial charge in [0, 0.05) is 20.9 Å². The Hall–Kier alpha value is -6.34. The van der Waals surface area contributed by atoms with Gasteiger partial charge in [-0.15, -0.1) is 22.7 Å². The largest absolute Gasteiger partial charge is 0.302 e. The molecule has 0 saturated carbocycles. The zero-order chi connectivity index (χ0) is 39.7. The van der Waals surface area contributed by atoms with Gasteiger partial charge < -0.3 is 9.80 Å². The number of hydrogen-bond donors (Lipinski definition) is 0. The highest BCUT2D eigenvalue weighted by Gasteiger charge is 2.49. The van der Waals surface area contributed by atoms with Crippen molar-refractivity contribution in [3.05, 3.63) is 200 Å². The molecule has 0 bridgehead atoms. The summed E-state index contributed by atoms with van der Waals surface area (Å²) in [6.07, 6.45) is 0. The Kier molecular flexibility index (Phi) is 8.85. The first-order valence-corrected chi connectivity index (χ1v) is 21.4. The number of rotatable bonds is 8. The van der Waals surface area contributed by atoms with Crippen molar-refractivity contribution in [2.45, 2.75) is 40.8 Å². The average molecular weight is 789 g/mol. The van der Waals surface area contributed by atoms with E-state index in [-0.39, 0.29) is 11.8 Å². The first-order chi connectivity index (χ1) is 28.2. The maximum absolute atomic E-state index is 15.6. The summed E-state index contributed by atoms with van der Waals surface area (Å²) < 4.78 is 0. The molecule has 282 valence electrons. The predicted molar refractivity (Wildman–Crippen MR) is 241 cm³/mol. The molecule has 58 heavy (non-hydrogen) atoms. The van der Waals surface area contributed by atoms with E-state index in [0.29, 0.717) is 35.6 Å². The summed E-state index contributed by atoms with van der Waals surface area (Å²) in [5.74, 6) is -0.318. The van der Waals surface area contributed by atoms with E-state index in [1.165, 1.54) is 9.75 Å². The van der Waals surface area contributed by atoms with Crippen molar-refractivity contribution in [1.29, 1.82) is 0 Å². The monoisotopic (exact) mass is 788 g/mol. The second kappa shape index (κ2) is 14.2. The number of nitrogens with zero attached hydrogens (tertiary/aromatic N) is 2. The van der Waals surface area contributed by atoms with Gasteiger partial charge in [-0.25, -0.2) is 0 Å². The van der Waals surface area contributed by atoms with Gasteiger partial charge in [0.1, 0.15) is 0 Å². The van der Waals surface area contributed by atoms with Gasteiger partial charge in [0.05, 0.1) is 35.6 Å². The Labute approximate surface area is 346 Å². The van der Waals surface area contributed by atoms with Gasteiger partial charge in [-0.05, 0) is 94.4 Å². The summed E-state index contributed by atoms with van der Waals surface area (Å²) >= 11 is 3.42. The Morgan fingerprint density at radius 1 is 0.414 bits per heavy atom. The molecule has 0 atom stereocenters. The summed E-state index contributed by atoms with van der Waals surface area (Å²) in [6, 6.07) is 46.7. The Morgan fingerprint density at radius 3 is 1.10 bits per heavy atom. The lowest BCUT2D eigenvalue weighted by atomic mass is 9.93. The molecule has 0 fully saturated rings. The molecule has 2 aliphatic heterocycles. The van der Waals surface area contributed by atoms with Crippen LogP contribution in [0.15, 0.2) is 155 Å². The fraction of sp³-hybridized carbons (Fsp3) is 0.115. The van der Waals surface area contributed by atoms with Crippen molar-refractivity contribution >= 4 is 67.4 Å². The molecule has 6 aromatic carbocycles. The van der Waals surface area contributed by atoms with Crippen LogP contribution in [0.25, 0.3) is 53.8 Å². The highest BCUT2D eigenvalue weighted by atomic mass is 32.1. The second-order valence-corrected chi connectivity index (χ2v) is 17.5. The number of benzene rings is 6. The fourth-order valence-corrected chi connectivity index (χ4v) is 10.8. The van der Waals surface area contributed by atoms with Crippen LogP contribution in [0, 0.1) is 27.7 Å². The molecule has 10 rings (SSSR count). The molecule has 0 spiro atoms. The molecule has 2 amide bonds. The minimum atomic E-state index is -0.159. The average Bonchev–Trinajstić information content (AvgIpc) is 4.03. The topological polar surface area (TPSA) is 40.6 Å². The van der Waals surface area contributed by atoms with Crippen molar-refractivity contribution in [2.24, 2.45) is 0 Å². The highest BCUT2D eigenvalue weighted by molar-refractivity contribution is 7.14. The van der Waals surface area contributed by atoms with Crippen LogP contribution in [0.4, 0.5) is 0 Å². The van der Waals surface area contributed by atoms with Crippen LogP contribution in [0.1, 0.15) is 44.5 Å². The second-order valence-electron chi connectivity index (χ2n) is 15.6.